The van der Waals surface area contributed by atoms with Crippen LogP contribution in [0.2, 0.25) is 0 Å². The van der Waals surface area contributed by atoms with Gasteiger partial charge in [0, 0.05) is 19.4 Å². The summed E-state index contributed by atoms with van der Waals surface area (Å²) in [5.41, 5.74) is 16.5. The molecule has 1 heterocycles. The van der Waals surface area contributed by atoms with Gasteiger partial charge < -0.3 is 90.8 Å². The maximum Gasteiger partial charge on any atom is 0.326 e. The van der Waals surface area contributed by atoms with Gasteiger partial charge in [-0.15, -0.1) is 0 Å². The summed E-state index contributed by atoms with van der Waals surface area (Å²) in [6.07, 6.45) is -0.864. The van der Waals surface area contributed by atoms with Crippen molar-refractivity contribution in [3.05, 3.63) is 29.8 Å². The molecule has 1 saturated heterocycles. The van der Waals surface area contributed by atoms with Crippen LogP contribution < -0.4 is 70.4 Å². The number of carbonyl (C=O) groups excluding carboxylic acids is 10. The maximum absolute atomic E-state index is 13.5. The topological polar surface area (TPSA) is 496 Å². The number of rotatable bonds is 33. The Morgan fingerprint density at radius 2 is 1.21 bits per heavy atom. The molecule has 1 aliphatic rings. The van der Waals surface area contributed by atoms with E-state index in [0.717, 1.165) is 0 Å². The number of aromatic hydroxyl groups is 1. The Balaban J connectivity index is 2.11. The molecular formula is C45H70N14O16. The smallest absolute Gasteiger partial charge is 0.326 e. The maximum atomic E-state index is 13.5. The van der Waals surface area contributed by atoms with E-state index in [1.807, 2.05) is 0 Å². The highest BCUT2D eigenvalue weighted by atomic mass is 16.4. The molecule has 75 heavy (non-hydrogen) atoms. The van der Waals surface area contributed by atoms with Crippen LogP contribution in [0.3, 0.4) is 0 Å². The fourth-order valence-electron chi connectivity index (χ4n) is 7.16. The van der Waals surface area contributed by atoms with E-state index in [0.29, 0.717) is 24.9 Å². The number of primary amides is 1. The molecule has 0 saturated carbocycles. The van der Waals surface area contributed by atoms with Gasteiger partial charge in [0.05, 0.1) is 32.2 Å². The fraction of sp³-hybridized carbons (Fsp3) is 0.578. The quantitative estimate of drug-likeness (QED) is 0.0177. The second-order valence-electron chi connectivity index (χ2n) is 17.9. The van der Waals surface area contributed by atoms with Crippen LogP contribution in [0.5, 0.6) is 5.75 Å². The van der Waals surface area contributed by atoms with Crippen molar-refractivity contribution in [2.24, 2.45) is 28.1 Å². The van der Waals surface area contributed by atoms with Crippen molar-refractivity contribution in [3.8, 4) is 5.75 Å². The number of carbonyl (C=O) groups is 12. The van der Waals surface area contributed by atoms with Gasteiger partial charge in [0.25, 0.3) is 0 Å². The van der Waals surface area contributed by atoms with Gasteiger partial charge in [-0.25, -0.2) is 4.79 Å². The third kappa shape index (κ3) is 24.4. The van der Waals surface area contributed by atoms with Gasteiger partial charge in [0.15, 0.2) is 5.96 Å². The highest BCUT2D eigenvalue weighted by Gasteiger charge is 2.33. The number of carboxylic acids is 2. The zero-order chi connectivity index (χ0) is 56.4. The molecule has 1 aliphatic heterocycles. The molecule has 30 heteroatoms. The first-order valence-electron chi connectivity index (χ1n) is 23.9. The average molecular weight is 1060 g/mol. The molecule has 0 bridgehead atoms. The molecule has 0 spiro atoms. The number of hydrogen-bond donors (Lipinski definition) is 17. The summed E-state index contributed by atoms with van der Waals surface area (Å²) in [5.74, 6) is -12.8. The number of aliphatic hydroxyl groups excluding tert-OH is 1. The Hall–Kier alpha value is -8.15. The first-order chi connectivity index (χ1) is 35.3. The van der Waals surface area contributed by atoms with Crippen LogP contribution in [-0.2, 0) is 64.0 Å². The molecule has 0 unspecified atom stereocenters. The van der Waals surface area contributed by atoms with E-state index in [-0.39, 0.29) is 49.9 Å². The zero-order valence-electron chi connectivity index (χ0n) is 41.8. The summed E-state index contributed by atoms with van der Waals surface area (Å²) in [5, 5.41) is 62.6. The van der Waals surface area contributed by atoms with Gasteiger partial charge in [-0.1, -0.05) is 26.0 Å². The van der Waals surface area contributed by atoms with Gasteiger partial charge in [-0.3, -0.25) is 57.7 Å². The second kappa shape index (κ2) is 32.1. The van der Waals surface area contributed by atoms with E-state index in [9.17, 15) is 78.0 Å². The van der Waals surface area contributed by atoms with Crippen molar-refractivity contribution < 1.29 is 78.0 Å². The predicted octanol–water partition coefficient (Wildman–Crippen LogP) is -6.75. The molecule has 0 aliphatic carbocycles. The Morgan fingerprint density at radius 1 is 0.667 bits per heavy atom. The van der Waals surface area contributed by atoms with E-state index in [2.05, 4.69) is 58.2 Å². The lowest BCUT2D eigenvalue weighted by atomic mass is 10.0. The monoisotopic (exact) mass is 1060 g/mol. The molecule has 20 N–H and O–H groups in total. The Labute approximate surface area is 430 Å². The summed E-state index contributed by atoms with van der Waals surface area (Å²) in [7, 11) is 0. The van der Waals surface area contributed by atoms with Crippen LogP contribution in [-0.4, -0.2) is 179 Å². The number of guanidine groups is 1. The van der Waals surface area contributed by atoms with E-state index < -0.39 is 158 Å². The van der Waals surface area contributed by atoms with E-state index in [1.54, 1.807) is 13.8 Å². The van der Waals surface area contributed by atoms with E-state index >= 15 is 0 Å². The number of benzene rings is 1. The van der Waals surface area contributed by atoms with E-state index in [1.165, 1.54) is 31.2 Å². The van der Waals surface area contributed by atoms with E-state index in [4.69, 9.17) is 17.2 Å². The number of aliphatic imine (C=N–C) groups is 1. The summed E-state index contributed by atoms with van der Waals surface area (Å²) in [6, 6.07) is -5.45. The minimum atomic E-state index is -1.80. The number of nitrogens with one attached hydrogen (secondary N) is 10. The Kier molecular flexibility index (Phi) is 27.0. The molecular weight excluding hydrogens is 993 g/mol. The number of aliphatic hydroxyl groups is 1. The molecule has 416 valence electrons. The van der Waals surface area contributed by atoms with Crippen LogP contribution in [0.25, 0.3) is 0 Å². The van der Waals surface area contributed by atoms with Crippen molar-refractivity contribution in [2.75, 3.05) is 32.8 Å². The van der Waals surface area contributed by atoms with Gasteiger partial charge in [-0.2, -0.15) is 0 Å². The number of amides is 10. The highest BCUT2D eigenvalue weighted by Crippen LogP contribution is 2.13. The van der Waals surface area contributed by atoms with Gasteiger partial charge in [0.2, 0.25) is 59.1 Å². The Morgan fingerprint density at radius 3 is 1.73 bits per heavy atom. The first kappa shape index (κ1) is 63.0. The molecule has 8 atom stereocenters. The van der Waals surface area contributed by atoms with Crippen molar-refractivity contribution in [1.82, 2.24) is 53.2 Å². The summed E-state index contributed by atoms with van der Waals surface area (Å²) < 4.78 is 0. The van der Waals surface area contributed by atoms with Crippen molar-refractivity contribution >= 4 is 77.0 Å². The molecule has 10 amide bonds. The second-order valence-corrected chi connectivity index (χ2v) is 17.9. The standard InChI is InChI=1S/C45H70N14O16/c1-22(2)16-29(42(72)53-23(3)37(67)58-31(44(74)75)17-24-8-10-25(61)11-9-24)56-43(73)32(21-60)59-41(71)28(12-13-36(65)66)55-35(64)19-51-38(68)27(7-5-15-50-45(47)48)54-34(63)20-52-39(69)30(18-33(46)62)57-40(70)26-6-4-14-49-26/h8-11,22-23,26-32,49,60-61H,4-7,12-21H2,1-3H3,(H2,46,62)(H,51,68)(H,52,69)(H,53,72)(H,54,63)(H,55,64)(H,56,73)(H,57,70)(H,58,67)(H,59,71)(H,65,66)(H,74,75)(H4,47,48,50)/t23-,26-,27-,28-,29-,30-,31-,32-/m0/s1. The van der Waals surface area contributed by atoms with Gasteiger partial charge in [-0.05, 0) is 75.6 Å². The van der Waals surface area contributed by atoms with Crippen LogP contribution in [0.1, 0.15) is 77.7 Å². The number of carboxylic acid groups (broad SMARTS) is 2. The first-order valence-corrected chi connectivity index (χ1v) is 23.9. The lowest BCUT2D eigenvalue weighted by molar-refractivity contribution is -0.142. The molecule has 1 aromatic carbocycles. The normalized spacial score (nSPS) is 15.6. The number of nitrogens with zero attached hydrogens (tertiary/aromatic N) is 1. The van der Waals surface area contributed by atoms with Crippen molar-refractivity contribution in [2.45, 2.75) is 127 Å². The van der Waals surface area contributed by atoms with Crippen molar-refractivity contribution in [1.29, 1.82) is 0 Å². The lowest BCUT2D eigenvalue weighted by Crippen LogP contribution is -2.59. The summed E-state index contributed by atoms with van der Waals surface area (Å²) in [6.45, 7) is 2.56. The molecule has 0 radical (unpaired) electrons. The van der Waals surface area contributed by atoms with Crippen LogP contribution >= 0.6 is 0 Å². The summed E-state index contributed by atoms with van der Waals surface area (Å²) >= 11 is 0. The number of phenols is 1. The van der Waals surface area contributed by atoms with Crippen LogP contribution in [0, 0.1) is 5.92 Å². The zero-order valence-corrected chi connectivity index (χ0v) is 41.8. The van der Waals surface area contributed by atoms with Gasteiger partial charge >= 0.3 is 11.9 Å². The molecule has 0 aromatic heterocycles. The number of aliphatic carboxylic acids is 2. The third-order valence-electron chi connectivity index (χ3n) is 11.1. The van der Waals surface area contributed by atoms with Crippen LogP contribution in [0.4, 0.5) is 0 Å². The molecule has 30 nitrogen and oxygen atoms in total. The van der Waals surface area contributed by atoms with Crippen molar-refractivity contribution in [3.63, 3.8) is 0 Å². The minimum absolute atomic E-state index is 0.00139. The minimum Gasteiger partial charge on any atom is -0.508 e. The molecule has 1 aromatic rings. The number of phenolic OH excluding ortho intramolecular Hbond substituents is 1. The lowest BCUT2D eigenvalue weighted by Gasteiger charge is -2.26. The largest absolute Gasteiger partial charge is 0.508 e. The summed E-state index contributed by atoms with van der Waals surface area (Å²) in [4.78, 5) is 157. The average Bonchev–Trinajstić information content (AvgIpc) is 3.89. The number of nitrogens with two attached hydrogens (primary N) is 3. The van der Waals surface area contributed by atoms with Gasteiger partial charge in [0.1, 0.15) is 48.0 Å². The Bertz CT molecular complexity index is 2220. The molecule has 1 fully saturated rings. The predicted molar refractivity (Wildman–Crippen MR) is 263 cm³/mol. The highest BCUT2D eigenvalue weighted by molar-refractivity contribution is 5.98. The third-order valence-corrected chi connectivity index (χ3v) is 11.1. The van der Waals surface area contributed by atoms with Crippen LogP contribution in [0.15, 0.2) is 29.3 Å². The molecule has 2 rings (SSSR count). The number of hydrogen-bond acceptors (Lipinski definition) is 16. The SMILES string of the molecule is CC(C)C[C@H](NC(=O)[C@H](CO)NC(=O)[C@H](CCC(=O)O)NC(=O)CNC(=O)[C@H](CCCN=C(N)N)NC(=O)CNC(=O)[C@H](CC(N)=O)NC(=O)[C@@H]1CCCN1)C(=O)N[C@@H](C)C(=O)N[C@@H](Cc1ccc(O)cc1)C(=O)O. The fourth-order valence-corrected chi connectivity index (χ4v) is 7.16.